The molecule has 2 rings (SSSR count). The first kappa shape index (κ1) is 15.2. The fraction of sp³-hybridized carbons (Fsp3) is 0.235. The van der Waals surface area contributed by atoms with Gasteiger partial charge in [-0.05, 0) is 18.6 Å². The Morgan fingerprint density at radius 3 is 2.43 bits per heavy atom. The summed E-state index contributed by atoms with van der Waals surface area (Å²) >= 11 is 0. The molecule has 110 valence electrons. The Hall–Kier alpha value is -2.20. The Bertz CT molecular complexity index is 625. The van der Waals surface area contributed by atoms with Gasteiger partial charge in [-0.3, -0.25) is 4.79 Å². The predicted molar refractivity (Wildman–Crippen MR) is 81.0 cm³/mol. The Labute approximate surface area is 124 Å². The molecule has 4 heteroatoms. The van der Waals surface area contributed by atoms with E-state index in [1.165, 1.54) is 11.0 Å². The van der Waals surface area contributed by atoms with E-state index in [4.69, 9.17) is 5.73 Å². The lowest BCUT2D eigenvalue weighted by molar-refractivity contribution is -0.132. The van der Waals surface area contributed by atoms with E-state index in [-0.39, 0.29) is 18.3 Å². The van der Waals surface area contributed by atoms with Gasteiger partial charge in [-0.2, -0.15) is 0 Å². The summed E-state index contributed by atoms with van der Waals surface area (Å²) in [7, 11) is 1.63. The molecule has 1 amide bonds. The van der Waals surface area contributed by atoms with E-state index >= 15 is 0 Å². The van der Waals surface area contributed by atoms with E-state index in [0.717, 1.165) is 11.1 Å². The van der Waals surface area contributed by atoms with Crippen molar-refractivity contribution in [2.75, 3.05) is 7.05 Å². The fourth-order valence-electron chi connectivity index (χ4n) is 2.11. The van der Waals surface area contributed by atoms with Gasteiger partial charge in [0, 0.05) is 19.2 Å². The van der Waals surface area contributed by atoms with Gasteiger partial charge in [-0.25, -0.2) is 4.39 Å². The van der Waals surface area contributed by atoms with Crippen molar-refractivity contribution in [2.24, 2.45) is 5.73 Å². The van der Waals surface area contributed by atoms with Crippen LogP contribution in [-0.4, -0.2) is 17.9 Å². The topological polar surface area (TPSA) is 46.3 Å². The zero-order valence-corrected chi connectivity index (χ0v) is 12.2. The highest BCUT2D eigenvalue weighted by atomic mass is 19.1. The number of halogens is 1. The van der Waals surface area contributed by atoms with Crippen molar-refractivity contribution in [1.82, 2.24) is 4.90 Å². The molecule has 2 aromatic rings. The van der Waals surface area contributed by atoms with E-state index < -0.39 is 6.04 Å². The first-order valence-electron chi connectivity index (χ1n) is 6.79. The van der Waals surface area contributed by atoms with Gasteiger partial charge in [-0.1, -0.05) is 48.0 Å². The second-order valence-electron chi connectivity index (χ2n) is 5.17. The number of likely N-dealkylation sites (N-methyl/N-ethyl adjacent to an activating group) is 1. The Morgan fingerprint density at radius 2 is 1.81 bits per heavy atom. The van der Waals surface area contributed by atoms with Crippen LogP contribution >= 0.6 is 0 Å². The number of carbonyl (C=O) groups is 1. The average Bonchev–Trinajstić information content (AvgIpc) is 2.49. The van der Waals surface area contributed by atoms with E-state index in [9.17, 15) is 9.18 Å². The first-order chi connectivity index (χ1) is 9.99. The number of nitrogens with two attached hydrogens (primary N) is 1. The van der Waals surface area contributed by atoms with E-state index in [0.29, 0.717) is 5.56 Å². The molecule has 21 heavy (non-hydrogen) atoms. The number of hydrogen-bond donors (Lipinski definition) is 1. The highest BCUT2D eigenvalue weighted by Crippen LogP contribution is 2.16. The van der Waals surface area contributed by atoms with Crippen LogP contribution in [0.2, 0.25) is 0 Å². The van der Waals surface area contributed by atoms with Gasteiger partial charge in [0.15, 0.2) is 0 Å². The Kier molecular flexibility index (Phi) is 4.70. The molecule has 0 spiro atoms. The predicted octanol–water partition coefficient (Wildman–Crippen LogP) is 2.79. The normalized spacial score (nSPS) is 12.0. The third-order valence-corrected chi connectivity index (χ3v) is 3.44. The number of amides is 1. The highest BCUT2D eigenvalue weighted by molar-refractivity contribution is 5.82. The quantitative estimate of drug-likeness (QED) is 0.939. The van der Waals surface area contributed by atoms with Crippen molar-refractivity contribution < 1.29 is 9.18 Å². The van der Waals surface area contributed by atoms with Crippen molar-refractivity contribution >= 4 is 5.91 Å². The number of hydrogen-bond acceptors (Lipinski definition) is 2. The van der Waals surface area contributed by atoms with Crippen LogP contribution in [0.25, 0.3) is 0 Å². The number of rotatable bonds is 4. The lowest BCUT2D eigenvalue weighted by Crippen LogP contribution is -2.35. The van der Waals surface area contributed by atoms with Crippen molar-refractivity contribution in [1.29, 1.82) is 0 Å². The largest absolute Gasteiger partial charge is 0.340 e. The molecule has 1 unspecified atom stereocenters. The van der Waals surface area contributed by atoms with Crippen LogP contribution in [0.15, 0.2) is 48.5 Å². The van der Waals surface area contributed by atoms with E-state index in [1.54, 1.807) is 25.2 Å². The molecule has 2 N–H and O–H groups in total. The molecular weight excluding hydrogens is 267 g/mol. The molecule has 1 atom stereocenters. The molecular formula is C17H19FN2O. The molecule has 0 aromatic heterocycles. The van der Waals surface area contributed by atoms with Crippen molar-refractivity contribution in [3.8, 4) is 0 Å². The summed E-state index contributed by atoms with van der Waals surface area (Å²) in [5.41, 5.74) is 8.34. The maximum Gasteiger partial charge on any atom is 0.244 e. The van der Waals surface area contributed by atoms with E-state index in [1.807, 2.05) is 31.2 Å². The third-order valence-electron chi connectivity index (χ3n) is 3.44. The second kappa shape index (κ2) is 6.50. The Morgan fingerprint density at radius 1 is 1.19 bits per heavy atom. The van der Waals surface area contributed by atoms with Gasteiger partial charge in [0.1, 0.15) is 11.9 Å². The van der Waals surface area contributed by atoms with Crippen LogP contribution in [0.1, 0.15) is 22.7 Å². The molecule has 0 bridgehead atoms. The Balaban J connectivity index is 2.08. The van der Waals surface area contributed by atoms with Gasteiger partial charge >= 0.3 is 0 Å². The zero-order valence-electron chi connectivity index (χ0n) is 12.2. The summed E-state index contributed by atoms with van der Waals surface area (Å²) < 4.78 is 13.6. The minimum absolute atomic E-state index is 0.199. The van der Waals surface area contributed by atoms with Crippen LogP contribution in [0.4, 0.5) is 4.39 Å². The molecule has 0 saturated heterocycles. The van der Waals surface area contributed by atoms with Crippen molar-refractivity contribution in [3.63, 3.8) is 0 Å². The maximum atomic E-state index is 13.6. The molecule has 0 heterocycles. The first-order valence-corrected chi connectivity index (χ1v) is 6.79. The van der Waals surface area contributed by atoms with Gasteiger partial charge < -0.3 is 10.6 Å². The van der Waals surface area contributed by atoms with Crippen LogP contribution in [-0.2, 0) is 11.3 Å². The smallest absolute Gasteiger partial charge is 0.244 e. The molecule has 0 aliphatic rings. The minimum atomic E-state index is -0.734. The monoisotopic (exact) mass is 286 g/mol. The fourth-order valence-corrected chi connectivity index (χ4v) is 2.11. The van der Waals surface area contributed by atoms with Crippen LogP contribution in [0, 0.1) is 12.7 Å². The van der Waals surface area contributed by atoms with Gasteiger partial charge in [0.2, 0.25) is 5.91 Å². The molecule has 0 aliphatic carbocycles. The number of nitrogens with zero attached hydrogens (tertiary/aromatic N) is 1. The standard InChI is InChI=1S/C17H19FN2O/c1-12-7-9-13(10-8-12)16(19)17(21)20(2)11-14-5-3-4-6-15(14)18/h3-10,16H,11,19H2,1-2H3. The summed E-state index contributed by atoms with van der Waals surface area (Å²) in [6, 6.07) is 13.2. The van der Waals surface area contributed by atoms with Crippen LogP contribution < -0.4 is 5.73 Å². The average molecular weight is 286 g/mol. The van der Waals surface area contributed by atoms with Crippen LogP contribution in [0.5, 0.6) is 0 Å². The molecule has 3 nitrogen and oxygen atoms in total. The second-order valence-corrected chi connectivity index (χ2v) is 5.17. The zero-order chi connectivity index (χ0) is 15.4. The highest BCUT2D eigenvalue weighted by Gasteiger charge is 2.20. The summed E-state index contributed by atoms with van der Waals surface area (Å²) in [6.07, 6.45) is 0. The minimum Gasteiger partial charge on any atom is -0.340 e. The lowest BCUT2D eigenvalue weighted by atomic mass is 10.0. The van der Waals surface area contributed by atoms with Gasteiger partial charge in [0.05, 0.1) is 0 Å². The number of aryl methyl sites for hydroxylation is 1. The van der Waals surface area contributed by atoms with Crippen molar-refractivity contribution in [2.45, 2.75) is 19.5 Å². The SMILES string of the molecule is Cc1ccc(C(N)C(=O)N(C)Cc2ccccc2F)cc1. The molecule has 0 fully saturated rings. The maximum absolute atomic E-state index is 13.6. The van der Waals surface area contributed by atoms with Gasteiger partial charge in [0.25, 0.3) is 0 Å². The number of benzene rings is 2. The molecule has 2 aromatic carbocycles. The summed E-state index contributed by atoms with van der Waals surface area (Å²) in [6.45, 7) is 2.17. The third kappa shape index (κ3) is 3.67. The summed E-state index contributed by atoms with van der Waals surface area (Å²) in [5.74, 6) is -0.553. The molecule has 0 saturated carbocycles. The summed E-state index contributed by atoms with van der Waals surface area (Å²) in [4.78, 5) is 13.8. The van der Waals surface area contributed by atoms with Gasteiger partial charge in [-0.15, -0.1) is 0 Å². The van der Waals surface area contributed by atoms with Crippen LogP contribution in [0.3, 0.4) is 0 Å². The lowest BCUT2D eigenvalue weighted by Gasteiger charge is -2.22. The van der Waals surface area contributed by atoms with Crippen molar-refractivity contribution in [3.05, 3.63) is 71.0 Å². The number of carbonyl (C=O) groups excluding carboxylic acids is 1. The molecule has 0 aliphatic heterocycles. The summed E-state index contributed by atoms with van der Waals surface area (Å²) in [5, 5.41) is 0. The van der Waals surface area contributed by atoms with E-state index in [2.05, 4.69) is 0 Å². The molecule has 0 radical (unpaired) electrons.